The van der Waals surface area contributed by atoms with E-state index in [0.717, 1.165) is 10.1 Å². The Kier molecular flexibility index (Phi) is 4.34. The number of aromatic nitrogens is 7. The molecule has 0 aliphatic heterocycles. The average Bonchev–Trinajstić information content (AvgIpc) is 3.30. The number of H-pyrrole nitrogens is 1. The summed E-state index contributed by atoms with van der Waals surface area (Å²) in [6, 6.07) is 6.93. The van der Waals surface area contributed by atoms with Gasteiger partial charge in [-0.25, -0.2) is 19.3 Å². The molecule has 1 amide bonds. The van der Waals surface area contributed by atoms with Crippen molar-refractivity contribution in [1.82, 2.24) is 33.9 Å². The fourth-order valence-corrected chi connectivity index (χ4v) is 3.05. The molecule has 148 valence electrons. The van der Waals surface area contributed by atoms with E-state index < -0.39 is 23.7 Å². The van der Waals surface area contributed by atoms with Crippen LogP contribution in [-0.4, -0.2) is 39.8 Å². The molecule has 0 bridgehead atoms. The second-order valence-corrected chi connectivity index (χ2v) is 6.63. The Labute approximate surface area is 163 Å². The van der Waals surface area contributed by atoms with E-state index in [1.165, 1.54) is 22.5 Å². The van der Waals surface area contributed by atoms with E-state index in [0.29, 0.717) is 17.3 Å². The normalized spacial score (nSPS) is 11.1. The summed E-state index contributed by atoms with van der Waals surface area (Å²) in [5, 5.41) is 9.54. The van der Waals surface area contributed by atoms with Gasteiger partial charge >= 0.3 is 5.69 Å². The monoisotopic (exact) mass is 394 g/mol. The fourth-order valence-electron chi connectivity index (χ4n) is 3.05. The molecule has 4 rings (SSSR count). The topological polar surface area (TPSA) is 132 Å². The number of carbonyl (C=O) groups excluding carboxylic acids is 1. The van der Waals surface area contributed by atoms with Gasteiger partial charge in [0.25, 0.3) is 5.56 Å². The van der Waals surface area contributed by atoms with Crippen LogP contribution in [0.5, 0.6) is 0 Å². The number of hydrogen-bond acceptors (Lipinski definition) is 6. The molecule has 0 aliphatic carbocycles. The van der Waals surface area contributed by atoms with E-state index in [-0.39, 0.29) is 11.2 Å². The molecule has 29 heavy (non-hydrogen) atoms. The molecule has 0 fully saturated rings. The largest absolute Gasteiger partial charge is 0.332 e. The molecule has 3 aromatic heterocycles. The molecule has 0 radical (unpaired) electrons. The molecule has 0 aliphatic rings. The predicted molar refractivity (Wildman–Crippen MR) is 105 cm³/mol. The third-order valence-corrected chi connectivity index (χ3v) is 4.53. The maximum atomic E-state index is 12.7. The van der Waals surface area contributed by atoms with Gasteiger partial charge in [0, 0.05) is 25.3 Å². The van der Waals surface area contributed by atoms with E-state index in [4.69, 9.17) is 0 Å². The zero-order chi connectivity index (χ0) is 20.7. The van der Waals surface area contributed by atoms with Crippen molar-refractivity contribution in [3.8, 4) is 11.4 Å². The van der Waals surface area contributed by atoms with Crippen molar-refractivity contribution in [3.05, 3.63) is 57.3 Å². The zero-order valence-corrected chi connectivity index (χ0v) is 16.0. The van der Waals surface area contributed by atoms with Crippen molar-refractivity contribution in [2.75, 3.05) is 5.32 Å². The predicted octanol–water partition coefficient (Wildman–Crippen LogP) is 0.166. The van der Waals surface area contributed by atoms with E-state index in [1.807, 2.05) is 0 Å². The Morgan fingerprint density at radius 2 is 1.90 bits per heavy atom. The van der Waals surface area contributed by atoms with Crippen LogP contribution in [0.4, 0.5) is 5.69 Å². The number of hydrogen-bond donors (Lipinski definition) is 2. The number of anilines is 1. The molecule has 2 N–H and O–H groups in total. The number of nitrogens with one attached hydrogen (secondary N) is 2. The molecule has 4 aromatic rings. The van der Waals surface area contributed by atoms with Crippen molar-refractivity contribution >= 4 is 22.8 Å². The molecule has 1 aromatic carbocycles. The van der Waals surface area contributed by atoms with Crippen molar-refractivity contribution in [2.24, 2.45) is 14.1 Å². The lowest BCUT2D eigenvalue weighted by Gasteiger charge is -2.09. The number of fused-ring (bicyclic) bond motifs is 1. The third-order valence-electron chi connectivity index (χ3n) is 4.53. The first-order chi connectivity index (χ1) is 13.8. The minimum atomic E-state index is -0.605. The first kappa shape index (κ1) is 18.3. The van der Waals surface area contributed by atoms with Gasteiger partial charge in [0.1, 0.15) is 12.4 Å². The Hall–Kier alpha value is -4.02. The lowest BCUT2D eigenvalue weighted by atomic mass is 10.2. The van der Waals surface area contributed by atoms with Gasteiger partial charge in [0.05, 0.1) is 6.33 Å². The van der Waals surface area contributed by atoms with Gasteiger partial charge in [0.2, 0.25) is 5.91 Å². The Morgan fingerprint density at radius 3 is 2.55 bits per heavy atom. The van der Waals surface area contributed by atoms with Gasteiger partial charge in [-0.1, -0.05) is 0 Å². The van der Waals surface area contributed by atoms with Crippen LogP contribution >= 0.6 is 0 Å². The Morgan fingerprint density at radius 1 is 1.17 bits per heavy atom. The summed E-state index contributed by atoms with van der Waals surface area (Å²) >= 11 is 0. The van der Waals surface area contributed by atoms with Gasteiger partial charge < -0.3 is 9.88 Å². The van der Waals surface area contributed by atoms with Crippen LogP contribution in [0.1, 0.15) is 5.82 Å². The van der Waals surface area contributed by atoms with Gasteiger partial charge in [-0.2, -0.15) is 5.10 Å². The highest BCUT2D eigenvalue weighted by molar-refractivity contribution is 5.90. The number of aryl methyl sites for hydroxylation is 3. The maximum absolute atomic E-state index is 12.7. The molecule has 0 atom stereocenters. The highest BCUT2D eigenvalue weighted by atomic mass is 16.2. The van der Waals surface area contributed by atoms with Crippen molar-refractivity contribution < 1.29 is 4.79 Å². The number of amides is 1. The fraction of sp³-hybridized carbons (Fsp3) is 0.222. The number of aromatic amines is 1. The molecule has 0 saturated carbocycles. The van der Waals surface area contributed by atoms with Gasteiger partial charge in [-0.15, -0.1) is 0 Å². The summed E-state index contributed by atoms with van der Waals surface area (Å²) in [5.74, 6) is 0.766. The van der Waals surface area contributed by atoms with Gasteiger partial charge in [-0.05, 0) is 31.2 Å². The Bertz CT molecular complexity index is 1340. The molecule has 3 heterocycles. The summed E-state index contributed by atoms with van der Waals surface area (Å²) in [7, 11) is 3.16. The second kappa shape index (κ2) is 6.86. The molecular formula is C18H18N8O3. The van der Waals surface area contributed by atoms with E-state index >= 15 is 0 Å². The first-order valence-corrected chi connectivity index (χ1v) is 8.75. The van der Waals surface area contributed by atoms with Crippen LogP contribution in [0.2, 0.25) is 0 Å². The molecule has 11 heteroatoms. The van der Waals surface area contributed by atoms with Crippen LogP contribution in [-0.2, 0) is 25.4 Å². The maximum Gasteiger partial charge on any atom is 0.332 e. The van der Waals surface area contributed by atoms with E-state index in [9.17, 15) is 14.4 Å². The number of imidazole rings is 1. The summed E-state index contributed by atoms with van der Waals surface area (Å²) in [4.78, 5) is 45.9. The van der Waals surface area contributed by atoms with Crippen LogP contribution in [0.3, 0.4) is 0 Å². The summed E-state index contributed by atoms with van der Waals surface area (Å²) in [6.45, 7) is 1.40. The zero-order valence-electron chi connectivity index (χ0n) is 16.0. The average molecular weight is 394 g/mol. The van der Waals surface area contributed by atoms with E-state index in [2.05, 4.69) is 25.5 Å². The van der Waals surface area contributed by atoms with Crippen molar-refractivity contribution in [1.29, 1.82) is 0 Å². The molecule has 0 unspecified atom stereocenters. The second-order valence-electron chi connectivity index (χ2n) is 6.63. The Balaban J connectivity index is 1.57. The van der Waals surface area contributed by atoms with Crippen molar-refractivity contribution in [3.63, 3.8) is 0 Å². The highest BCUT2D eigenvalue weighted by Gasteiger charge is 2.17. The smallest absolute Gasteiger partial charge is 0.328 e. The summed E-state index contributed by atoms with van der Waals surface area (Å²) in [5.41, 5.74) is 0.680. The van der Waals surface area contributed by atoms with Crippen LogP contribution in [0.15, 0.2) is 40.2 Å². The molecule has 0 spiro atoms. The van der Waals surface area contributed by atoms with Crippen LogP contribution < -0.4 is 16.6 Å². The van der Waals surface area contributed by atoms with Gasteiger partial charge in [0.15, 0.2) is 17.0 Å². The quantitative estimate of drug-likeness (QED) is 0.507. The van der Waals surface area contributed by atoms with E-state index in [1.54, 1.807) is 38.2 Å². The lowest BCUT2D eigenvalue weighted by molar-refractivity contribution is -0.116. The number of nitrogens with zero attached hydrogens (tertiary/aromatic N) is 6. The van der Waals surface area contributed by atoms with Crippen molar-refractivity contribution in [2.45, 2.75) is 13.5 Å². The molecule has 11 nitrogen and oxygen atoms in total. The number of rotatable bonds is 4. The van der Waals surface area contributed by atoms with Crippen LogP contribution in [0.25, 0.3) is 22.6 Å². The standard InChI is InChI=1S/C18H18N8O3/c1-10-20-15(23-22-10)11-4-6-12(7-5-11)21-13(27)8-26-17(28)14-16(19-9-24(14)2)25(3)18(26)29/h4-7,9H,8H2,1-3H3,(H,21,27)(H,20,22,23). The van der Waals surface area contributed by atoms with Gasteiger partial charge in [-0.3, -0.25) is 19.3 Å². The molecular weight excluding hydrogens is 376 g/mol. The number of benzene rings is 1. The van der Waals surface area contributed by atoms with Crippen LogP contribution in [0, 0.1) is 6.92 Å². The first-order valence-electron chi connectivity index (χ1n) is 8.75. The summed E-state index contributed by atoms with van der Waals surface area (Å²) < 4.78 is 3.66. The lowest BCUT2D eigenvalue weighted by Crippen LogP contribution is -2.42. The minimum Gasteiger partial charge on any atom is -0.328 e. The number of carbonyl (C=O) groups is 1. The highest BCUT2D eigenvalue weighted by Crippen LogP contribution is 2.17. The SMILES string of the molecule is Cc1nc(-c2ccc(NC(=O)Cn3c(=O)c4c(ncn4C)n(C)c3=O)cc2)n[nH]1. The molecule has 0 saturated heterocycles. The minimum absolute atomic E-state index is 0.256. The summed E-state index contributed by atoms with van der Waals surface area (Å²) in [6.07, 6.45) is 1.45. The third kappa shape index (κ3) is 3.22.